The Balaban J connectivity index is 1.89. The van der Waals surface area contributed by atoms with Gasteiger partial charge >= 0.3 is 6.36 Å². The van der Waals surface area contributed by atoms with Gasteiger partial charge in [0.2, 0.25) is 0 Å². The van der Waals surface area contributed by atoms with Gasteiger partial charge in [-0.1, -0.05) is 12.1 Å². The summed E-state index contributed by atoms with van der Waals surface area (Å²) in [6, 6.07) is 8.40. The van der Waals surface area contributed by atoms with Gasteiger partial charge in [0, 0.05) is 28.7 Å². The maximum absolute atomic E-state index is 13.4. The smallest absolute Gasteiger partial charge is 0.406 e. The van der Waals surface area contributed by atoms with Crippen LogP contribution < -0.4 is 4.74 Å². The summed E-state index contributed by atoms with van der Waals surface area (Å²) in [5.41, 5.74) is 1.09. The first-order valence-corrected chi connectivity index (χ1v) is 7.59. The molecule has 1 aliphatic carbocycles. The Bertz CT molecular complexity index is 925. The maximum Gasteiger partial charge on any atom is 0.573 e. The minimum Gasteiger partial charge on any atom is -0.406 e. The first-order valence-electron chi connectivity index (χ1n) is 7.59. The van der Waals surface area contributed by atoms with Crippen molar-refractivity contribution in [3.8, 4) is 5.75 Å². The van der Waals surface area contributed by atoms with Crippen LogP contribution in [0.1, 0.15) is 33.2 Å². The number of hydrogen-bond acceptors (Lipinski definition) is 3. The first kappa shape index (κ1) is 17.8. The molecule has 0 radical (unpaired) electrons. The van der Waals surface area contributed by atoms with Gasteiger partial charge in [0.1, 0.15) is 11.6 Å². The SMILES string of the molecule is CC1=C(Cc2ccc(OC(F)(F)F)cc2)C(=O)c2cc(F)ccc2C1=O. The van der Waals surface area contributed by atoms with Gasteiger partial charge in [-0.15, -0.1) is 13.2 Å². The van der Waals surface area contributed by atoms with Crippen LogP contribution in [-0.2, 0) is 6.42 Å². The van der Waals surface area contributed by atoms with Crippen molar-refractivity contribution in [1.29, 1.82) is 0 Å². The third-order valence-electron chi connectivity index (χ3n) is 4.08. The molecule has 3 rings (SSSR count). The molecule has 2 aromatic carbocycles. The number of ether oxygens (including phenoxy) is 1. The van der Waals surface area contributed by atoms with Crippen molar-refractivity contribution in [2.45, 2.75) is 19.7 Å². The van der Waals surface area contributed by atoms with Gasteiger partial charge in [-0.2, -0.15) is 0 Å². The van der Waals surface area contributed by atoms with Crippen LogP contribution >= 0.6 is 0 Å². The predicted octanol–water partition coefficient (Wildman–Crippen LogP) is 4.66. The summed E-state index contributed by atoms with van der Waals surface area (Å²) in [5.74, 6) is -1.85. The number of halogens is 4. The van der Waals surface area contributed by atoms with Crippen molar-refractivity contribution in [2.75, 3.05) is 0 Å². The van der Waals surface area contributed by atoms with E-state index in [-0.39, 0.29) is 40.2 Å². The van der Waals surface area contributed by atoms with Crippen molar-refractivity contribution in [3.05, 3.63) is 76.1 Å². The lowest BCUT2D eigenvalue weighted by atomic mass is 9.82. The standard InChI is InChI=1S/C19H12F4O3/c1-10-15(8-11-2-5-13(6-3-11)26-19(21,22)23)18(25)16-9-12(20)4-7-14(16)17(10)24/h2-7,9H,8H2,1H3. The highest BCUT2D eigenvalue weighted by atomic mass is 19.4. The molecule has 7 heteroatoms. The molecule has 0 atom stereocenters. The lowest BCUT2D eigenvalue weighted by Crippen LogP contribution is -2.22. The number of carbonyl (C=O) groups is 2. The zero-order valence-electron chi connectivity index (χ0n) is 13.5. The van der Waals surface area contributed by atoms with Gasteiger partial charge in [0.05, 0.1) is 0 Å². The Labute approximate surface area is 145 Å². The van der Waals surface area contributed by atoms with E-state index in [1.165, 1.54) is 25.1 Å². The molecule has 0 aliphatic heterocycles. The van der Waals surface area contributed by atoms with Crippen LogP contribution in [0.5, 0.6) is 5.75 Å². The molecule has 26 heavy (non-hydrogen) atoms. The van der Waals surface area contributed by atoms with Crippen LogP contribution in [0.3, 0.4) is 0 Å². The molecule has 0 heterocycles. The molecule has 3 nitrogen and oxygen atoms in total. The molecular formula is C19H12F4O3. The molecule has 0 amide bonds. The van der Waals surface area contributed by atoms with Gasteiger partial charge in [0.25, 0.3) is 0 Å². The fraction of sp³-hybridized carbons (Fsp3) is 0.158. The summed E-state index contributed by atoms with van der Waals surface area (Å²) in [4.78, 5) is 25.0. The normalized spacial score (nSPS) is 14.5. The number of hydrogen-bond donors (Lipinski definition) is 0. The highest BCUT2D eigenvalue weighted by molar-refractivity contribution is 6.26. The predicted molar refractivity (Wildman–Crippen MR) is 84.6 cm³/mol. The highest BCUT2D eigenvalue weighted by Gasteiger charge is 2.32. The number of alkyl halides is 3. The molecule has 0 N–H and O–H groups in total. The zero-order valence-corrected chi connectivity index (χ0v) is 13.5. The number of fused-ring (bicyclic) bond motifs is 1. The Morgan fingerprint density at radius 1 is 0.923 bits per heavy atom. The summed E-state index contributed by atoms with van der Waals surface area (Å²) >= 11 is 0. The van der Waals surface area contributed by atoms with Crippen LogP contribution in [0.2, 0.25) is 0 Å². The van der Waals surface area contributed by atoms with Crippen LogP contribution in [0.15, 0.2) is 53.6 Å². The monoisotopic (exact) mass is 364 g/mol. The van der Waals surface area contributed by atoms with E-state index in [1.54, 1.807) is 0 Å². The van der Waals surface area contributed by atoms with Crippen LogP contribution in [-0.4, -0.2) is 17.9 Å². The summed E-state index contributed by atoms with van der Waals surface area (Å²) in [6.07, 6.45) is -4.75. The molecule has 0 spiro atoms. The second-order valence-electron chi connectivity index (χ2n) is 5.82. The van der Waals surface area contributed by atoms with Gasteiger partial charge < -0.3 is 4.74 Å². The van der Waals surface area contributed by atoms with Crippen LogP contribution in [0.25, 0.3) is 0 Å². The largest absolute Gasteiger partial charge is 0.573 e. The van der Waals surface area contributed by atoms with Gasteiger partial charge in [-0.25, -0.2) is 4.39 Å². The number of rotatable bonds is 3. The topological polar surface area (TPSA) is 43.4 Å². The van der Waals surface area contributed by atoms with Crippen LogP contribution in [0, 0.1) is 5.82 Å². The zero-order chi connectivity index (χ0) is 19.1. The molecule has 0 saturated heterocycles. The molecule has 1 aliphatic rings. The quantitative estimate of drug-likeness (QED) is 0.744. The fourth-order valence-corrected chi connectivity index (χ4v) is 2.80. The molecule has 0 saturated carbocycles. The van der Waals surface area contributed by atoms with Crippen molar-refractivity contribution in [2.24, 2.45) is 0 Å². The number of benzene rings is 2. The first-order chi connectivity index (χ1) is 12.2. The number of carbonyl (C=O) groups excluding carboxylic acids is 2. The average Bonchev–Trinajstić information content (AvgIpc) is 2.57. The summed E-state index contributed by atoms with van der Waals surface area (Å²) in [5, 5.41) is 0. The summed E-state index contributed by atoms with van der Waals surface area (Å²) in [6.45, 7) is 1.50. The average molecular weight is 364 g/mol. The molecule has 0 bridgehead atoms. The van der Waals surface area contributed by atoms with E-state index < -0.39 is 18.0 Å². The van der Waals surface area contributed by atoms with E-state index in [0.29, 0.717) is 5.56 Å². The number of Topliss-reactive ketones (excluding diaryl/α,β-unsaturated/α-hetero) is 2. The van der Waals surface area contributed by atoms with E-state index in [4.69, 9.17) is 0 Å². The number of ketones is 2. The maximum atomic E-state index is 13.4. The Kier molecular flexibility index (Phi) is 4.39. The van der Waals surface area contributed by atoms with Crippen molar-refractivity contribution in [1.82, 2.24) is 0 Å². The molecule has 0 fully saturated rings. The third-order valence-corrected chi connectivity index (χ3v) is 4.08. The third kappa shape index (κ3) is 3.51. The Hall–Kier alpha value is -2.96. The lowest BCUT2D eigenvalue weighted by Gasteiger charge is -2.19. The second kappa shape index (κ2) is 6.40. The Morgan fingerprint density at radius 2 is 1.58 bits per heavy atom. The molecule has 0 aromatic heterocycles. The summed E-state index contributed by atoms with van der Waals surface area (Å²) in [7, 11) is 0. The minimum atomic E-state index is -4.79. The molecule has 134 valence electrons. The van der Waals surface area contributed by atoms with E-state index in [1.807, 2.05) is 0 Å². The van der Waals surface area contributed by atoms with Crippen molar-refractivity contribution in [3.63, 3.8) is 0 Å². The van der Waals surface area contributed by atoms with Gasteiger partial charge in [0.15, 0.2) is 11.6 Å². The van der Waals surface area contributed by atoms with Crippen molar-refractivity contribution >= 4 is 11.6 Å². The lowest BCUT2D eigenvalue weighted by molar-refractivity contribution is -0.274. The summed E-state index contributed by atoms with van der Waals surface area (Å²) < 4.78 is 53.8. The fourth-order valence-electron chi connectivity index (χ4n) is 2.80. The number of allylic oxidation sites excluding steroid dienone is 2. The van der Waals surface area contributed by atoms with E-state index in [2.05, 4.69) is 4.74 Å². The van der Waals surface area contributed by atoms with E-state index in [9.17, 15) is 27.2 Å². The second-order valence-corrected chi connectivity index (χ2v) is 5.82. The highest BCUT2D eigenvalue weighted by Crippen LogP contribution is 2.30. The van der Waals surface area contributed by atoms with Gasteiger partial charge in [-0.3, -0.25) is 9.59 Å². The van der Waals surface area contributed by atoms with Gasteiger partial charge in [-0.05, 0) is 42.8 Å². The van der Waals surface area contributed by atoms with E-state index in [0.717, 1.165) is 24.3 Å². The molecule has 0 unspecified atom stereocenters. The molecule has 2 aromatic rings. The van der Waals surface area contributed by atoms with Crippen LogP contribution in [0.4, 0.5) is 17.6 Å². The Morgan fingerprint density at radius 3 is 2.19 bits per heavy atom. The minimum absolute atomic E-state index is 0.00683. The van der Waals surface area contributed by atoms with E-state index >= 15 is 0 Å². The van der Waals surface area contributed by atoms with Crippen molar-refractivity contribution < 1.29 is 31.9 Å². The molecular weight excluding hydrogens is 352 g/mol.